The van der Waals surface area contributed by atoms with Gasteiger partial charge in [-0.15, -0.1) is 11.3 Å². The lowest BCUT2D eigenvalue weighted by Gasteiger charge is -2.31. The van der Waals surface area contributed by atoms with Crippen LogP contribution >= 0.6 is 11.3 Å². The molecule has 0 atom stereocenters. The Labute approximate surface area is 143 Å². The molecule has 1 N–H and O–H groups in total. The number of hydrogen-bond acceptors (Lipinski definition) is 5. The molecular formula is C16H18N6OS. The number of carbonyl (C=O) groups excluding carboxylic acids is 1. The molecule has 4 heterocycles. The average Bonchev–Trinajstić information content (AvgIpc) is 3.35. The highest BCUT2D eigenvalue weighted by Gasteiger charge is 2.26. The summed E-state index contributed by atoms with van der Waals surface area (Å²) in [6, 6.07) is 2.02. The van der Waals surface area contributed by atoms with Gasteiger partial charge in [0.1, 0.15) is 9.88 Å². The maximum atomic E-state index is 12.7. The molecule has 0 bridgehead atoms. The quantitative estimate of drug-likeness (QED) is 0.792. The molecule has 1 aliphatic rings. The van der Waals surface area contributed by atoms with Gasteiger partial charge in [-0.1, -0.05) is 0 Å². The van der Waals surface area contributed by atoms with Crippen LogP contribution in [-0.4, -0.2) is 48.9 Å². The lowest BCUT2D eigenvalue weighted by atomic mass is 9.93. The lowest BCUT2D eigenvalue weighted by molar-refractivity contribution is 0.0717. The van der Waals surface area contributed by atoms with Crippen molar-refractivity contribution in [3.63, 3.8) is 0 Å². The molecule has 0 aromatic carbocycles. The number of H-pyrrole nitrogens is 1. The summed E-state index contributed by atoms with van der Waals surface area (Å²) >= 11 is 1.43. The summed E-state index contributed by atoms with van der Waals surface area (Å²) in [5, 5.41) is 12.0. The number of aromatic amines is 1. The first kappa shape index (κ1) is 15.1. The number of nitrogens with one attached hydrogen (secondary N) is 1. The van der Waals surface area contributed by atoms with E-state index in [9.17, 15) is 4.79 Å². The van der Waals surface area contributed by atoms with Crippen LogP contribution in [0, 0.1) is 0 Å². The fraction of sp³-hybridized carbons (Fsp3) is 0.375. The number of hydrogen-bond donors (Lipinski definition) is 1. The number of amides is 1. The van der Waals surface area contributed by atoms with Gasteiger partial charge in [0.25, 0.3) is 5.91 Å². The molecule has 1 saturated heterocycles. The average molecular weight is 342 g/mol. The van der Waals surface area contributed by atoms with E-state index in [4.69, 9.17) is 0 Å². The van der Waals surface area contributed by atoms with E-state index in [2.05, 4.69) is 20.3 Å². The maximum Gasteiger partial charge on any atom is 0.265 e. The van der Waals surface area contributed by atoms with Crippen molar-refractivity contribution in [2.75, 3.05) is 13.1 Å². The Morgan fingerprint density at radius 3 is 2.83 bits per heavy atom. The first-order valence-corrected chi connectivity index (χ1v) is 8.76. The molecule has 4 rings (SSSR count). The second-order valence-corrected chi connectivity index (χ2v) is 7.04. The largest absolute Gasteiger partial charge is 0.338 e. The molecule has 3 aromatic rings. The van der Waals surface area contributed by atoms with E-state index in [1.54, 1.807) is 23.3 Å². The predicted molar refractivity (Wildman–Crippen MR) is 90.8 cm³/mol. The Morgan fingerprint density at radius 1 is 1.33 bits per heavy atom. The van der Waals surface area contributed by atoms with Crippen LogP contribution in [0.4, 0.5) is 0 Å². The third-order valence-corrected chi connectivity index (χ3v) is 5.45. The summed E-state index contributed by atoms with van der Waals surface area (Å²) in [6.45, 7) is 1.53. The van der Waals surface area contributed by atoms with Gasteiger partial charge in [-0.05, 0) is 18.9 Å². The number of piperidine rings is 1. The zero-order valence-electron chi connectivity index (χ0n) is 13.3. The number of thiazole rings is 1. The molecule has 24 heavy (non-hydrogen) atoms. The van der Waals surface area contributed by atoms with Crippen molar-refractivity contribution in [3.05, 3.63) is 41.4 Å². The van der Waals surface area contributed by atoms with Gasteiger partial charge in [-0.25, -0.2) is 4.98 Å². The van der Waals surface area contributed by atoms with Crippen LogP contribution < -0.4 is 0 Å². The fourth-order valence-electron chi connectivity index (χ4n) is 3.08. The van der Waals surface area contributed by atoms with Gasteiger partial charge in [0.05, 0.1) is 12.4 Å². The smallest absolute Gasteiger partial charge is 0.265 e. The molecule has 1 fully saturated rings. The minimum absolute atomic E-state index is 0.0747. The predicted octanol–water partition coefficient (Wildman–Crippen LogP) is 2.29. The second-order valence-electron chi connectivity index (χ2n) is 6.01. The number of carbonyl (C=O) groups is 1. The molecule has 3 aromatic heterocycles. The minimum atomic E-state index is 0.0747. The fourth-order valence-corrected chi connectivity index (χ4v) is 3.94. The van der Waals surface area contributed by atoms with Gasteiger partial charge in [0.15, 0.2) is 0 Å². The van der Waals surface area contributed by atoms with E-state index < -0.39 is 0 Å². The van der Waals surface area contributed by atoms with Crippen LogP contribution in [-0.2, 0) is 7.05 Å². The van der Waals surface area contributed by atoms with E-state index >= 15 is 0 Å². The van der Waals surface area contributed by atoms with Crippen molar-refractivity contribution in [2.45, 2.75) is 18.8 Å². The molecule has 7 nitrogen and oxygen atoms in total. The van der Waals surface area contributed by atoms with Crippen LogP contribution in [0.3, 0.4) is 0 Å². The SMILES string of the molecule is Cn1cc(-c2ncc(C(=O)N3CCC(c4ccn[nH]4)CC3)s2)cn1. The van der Waals surface area contributed by atoms with Gasteiger partial charge < -0.3 is 4.90 Å². The molecule has 0 aliphatic carbocycles. The van der Waals surface area contributed by atoms with Gasteiger partial charge >= 0.3 is 0 Å². The number of aromatic nitrogens is 5. The zero-order valence-corrected chi connectivity index (χ0v) is 14.2. The summed E-state index contributed by atoms with van der Waals surface area (Å²) in [5.74, 6) is 0.537. The topological polar surface area (TPSA) is 79.7 Å². The van der Waals surface area contributed by atoms with Gasteiger partial charge in [-0.2, -0.15) is 10.2 Å². The molecule has 0 unspecified atom stereocenters. The van der Waals surface area contributed by atoms with Crippen molar-refractivity contribution in [1.82, 2.24) is 29.9 Å². The van der Waals surface area contributed by atoms with Crippen molar-refractivity contribution in [1.29, 1.82) is 0 Å². The van der Waals surface area contributed by atoms with Crippen molar-refractivity contribution >= 4 is 17.2 Å². The Balaban J connectivity index is 1.42. The normalized spacial score (nSPS) is 15.8. The van der Waals surface area contributed by atoms with Crippen molar-refractivity contribution < 1.29 is 4.79 Å². The molecular weight excluding hydrogens is 324 g/mol. The van der Waals surface area contributed by atoms with Gasteiger partial charge in [0.2, 0.25) is 0 Å². The zero-order chi connectivity index (χ0) is 16.5. The van der Waals surface area contributed by atoms with Crippen LogP contribution in [0.15, 0.2) is 30.9 Å². The summed E-state index contributed by atoms with van der Waals surface area (Å²) in [5.41, 5.74) is 2.11. The van der Waals surface area contributed by atoms with Crippen LogP contribution in [0.25, 0.3) is 10.6 Å². The molecule has 0 radical (unpaired) electrons. The van der Waals surface area contributed by atoms with E-state index in [-0.39, 0.29) is 5.91 Å². The maximum absolute atomic E-state index is 12.7. The summed E-state index contributed by atoms with van der Waals surface area (Å²) in [6.07, 6.45) is 9.05. The molecule has 124 valence electrons. The van der Waals surface area contributed by atoms with E-state index in [0.717, 1.165) is 36.5 Å². The number of likely N-dealkylation sites (tertiary alicyclic amines) is 1. The number of nitrogens with zero attached hydrogens (tertiary/aromatic N) is 5. The van der Waals surface area contributed by atoms with Crippen molar-refractivity contribution in [2.24, 2.45) is 7.05 Å². The highest BCUT2D eigenvalue weighted by Crippen LogP contribution is 2.29. The standard InChI is InChI=1S/C16H18N6OS/c1-21-10-12(8-19-21)15-17-9-14(24-15)16(23)22-6-3-11(4-7-22)13-2-5-18-20-13/h2,5,8-11H,3-4,6-7H2,1H3,(H,18,20). The number of rotatable bonds is 3. The van der Waals surface area contributed by atoms with E-state index in [0.29, 0.717) is 10.8 Å². The highest BCUT2D eigenvalue weighted by molar-refractivity contribution is 7.16. The highest BCUT2D eigenvalue weighted by atomic mass is 32.1. The summed E-state index contributed by atoms with van der Waals surface area (Å²) in [7, 11) is 1.87. The van der Waals surface area contributed by atoms with Crippen molar-refractivity contribution in [3.8, 4) is 10.6 Å². The first-order valence-electron chi connectivity index (χ1n) is 7.94. The van der Waals surface area contributed by atoms with Gasteiger partial charge in [-0.3, -0.25) is 14.6 Å². The molecule has 0 saturated carbocycles. The van der Waals surface area contributed by atoms with Crippen LogP contribution in [0.5, 0.6) is 0 Å². The minimum Gasteiger partial charge on any atom is -0.338 e. The Morgan fingerprint density at radius 2 is 2.17 bits per heavy atom. The third-order valence-electron chi connectivity index (χ3n) is 4.41. The summed E-state index contributed by atoms with van der Waals surface area (Å²) in [4.78, 5) is 19.7. The Hall–Kier alpha value is -2.48. The van der Waals surface area contributed by atoms with E-state index in [1.807, 2.05) is 24.2 Å². The third kappa shape index (κ3) is 2.84. The molecule has 0 spiro atoms. The van der Waals surface area contributed by atoms with Crippen LogP contribution in [0.1, 0.15) is 34.1 Å². The first-order chi connectivity index (χ1) is 11.7. The monoisotopic (exact) mass is 342 g/mol. The van der Waals surface area contributed by atoms with Gasteiger partial charge in [0, 0.05) is 49.7 Å². The molecule has 1 amide bonds. The van der Waals surface area contributed by atoms with Crippen LogP contribution in [0.2, 0.25) is 0 Å². The second kappa shape index (κ2) is 6.20. The number of aryl methyl sites for hydroxylation is 1. The van der Waals surface area contributed by atoms with E-state index in [1.165, 1.54) is 17.0 Å². The molecule has 1 aliphatic heterocycles. The Bertz CT molecular complexity index is 829. The summed E-state index contributed by atoms with van der Waals surface area (Å²) < 4.78 is 1.73. The lowest BCUT2D eigenvalue weighted by Crippen LogP contribution is -2.37. The molecule has 8 heteroatoms. The Kier molecular flexibility index (Phi) is 3.89.